The summed E-state index contributed by atoms with van der Waals surface area (Å²) in [5.74, 6) is 0. The molecule has 0 aromatic rings. The van der Waals surface area contributed by atoms with Crippen molar-refractivity contribution in [3.63, 3.8) is 0 Å². The zero-order valence-electron chi connectivity index (χ0n) is 18.5. The summed E-state index contributed by atoms with van der Waals surface area (Å²) in [5, 5.41) is -2.25. The number of hydrogen-bond acceptors (Lipinski definition) is 3. The van der Waals surface area contributed by atoms with Crippen LogP contribution in [0.4, 0.5) is 52.7 Å². The lowest BCUT2D eigenvalue weighted by Gasteiger charge is -2.56. The molecule has 1 saturated heterocycles. The van der Waals surface area contributed by atoms with Crippen molar-refractivity contribution in [1.82, 2.24) is 0 Å². The van der Waals surface area contributed by atoms with E-state index in [1.807, 2.05) is 0 Å². The van der Waals surface area contributed by atoms with Crippen LogP contribution in [0.5, 0.6) is 0 Å². The number of hydrogen-bond donors (Lipinski definition) is 0. The maximum Gasteiger partial charge on any atom is 0.413 e. The Morgan fingerprint density at radius 2 is 0.971 bits per heavy atom. The highest BCUT2D eigenvalue weighted by atomic mass is 28.5. The van der Waals surface area contributed by atoms with Gasteiger partial charge in [-0.2, -0.15) is 52.7 Å². The summed E-state index contributed by atoms with van der Waals surface area (Å²) in [5.41, 5.74) is -2.77. The van der Waals surface area contributed by atoms with E-state index in [0.29, 0.717) is 13.8 Å². The molecule has 202 valence electrons. The maximum atomic E-state index is 13.9. The lowest BCUT2D eigenvalue weighted by molar-refractivity contribution is -0.226. The topological polar surface area (TPSA) is 27.7 Å². The first-order valence-electron chi connectivity index (χ1n) is 9.86. The monoisotopic (exact) mass is 576 g/mol. The highest BCUT2D eigenvalue weighted by molar-refractivity contribution is 6.88. The maximum absolute atomic E-state index is 13.9. The lowest BCUT2D eigenvalue weighted by atomic mass is 9.79. The normalized spacial score (nSPS) is 23.3. The zero-order valence-corrected chi connectivity index (χ0v) is 21.5. The van der Waals surface area contributed by atoms with Gasteiger partial charge in [0.2, 0.25) is 0 Å². The molecule has 0 spiro atoms. The van der Waals surface area contributed by atoms with Gasteiger partial charge in [0.15, 0.2) is 0 Å². The predicted molar refractivity (Wildman–Crippen MR) is 101 cm³/mol. The fourth-order valence-corrected chi connectivity index (χ4v) is 16.9. The fourth-order valence-electron chi connectivity index (χ4n) is 3.31. The molecule has 0 aliphatic carbocycles. The summed E-state index contributed by atoms with van der Waals surface area (Å²) in [6, 6.07) is -3.38. The van der Waals surface area contributed by atoms with Crippen molar-refractivity contribution < 1.29 is 65.0 Å². The smallest absolute Gasteiger partial charge is 0.413 e. The summed E-state index contributed by atoms with van der Waals surface area (Å²) in [6.07, 6.45) is -24.7. The molecule has 1 heterocycles. The average molecular weight is 577 g/mol. The standard InChI is InChI=1S/C16H24F12O3Si3/c1-11(2,16(26,27)28)12(3,4)34(10-7-15(23,24)25)30-32-29-33(31-34,8-5-13(17,18)19)9-6-14(20,21)22/h5-10H2,1-4H3. The van der Waals surface area contributed by atoms with Crippen LogP contribution in [0.2, 0.25) is 23.2 Å². The van der Waals surface area contributed by atoms with Crippen LogP contribution in [0.15, 0.2) is 0 Å². The summed E-state index contributed by atoms with van der Waals surface area (Å²) < 4.78 is 174. The van der Waals surface area contributed by atoms with Gasteiger partial charge >= 0.3 is 51.8 Å². The van der Waals surface area contributed by atoms with E-state index in [1.54, 1.807) is 0 Å². The van der Waals surface area contributed by atoms with E-state index >= 15 is 0 Å². The average Bonchev–Trinajstić information content (AvgIpc) is 2.61. The fraction of sp³-hybridized carbons (Fsp3) is 1.00. The van der Waals surface area contributed by atoms with Crippen molar-refractivity contribution >= 4 is 27.1 Å². The Bertz CT molecular complexity index is 670. The van der Waals surface area contributed by atoms with E-state index in [4.69, 9.17) is 12.3 Å². The molecular formula is C16H24F12O3Si3. The molecule has 0 saturated carbocycles. The first kappa shape index (κ1) is 31.7. The Morgan fingerprint density at radius 3 is 1.32 bits per heavy atom. The SMILES string of the molecule is CC(C)(C(F)(F)F)C(C)(C)[Si]1(CCC(F)(F)F)O[Si]O[Si](CCC(F)(F)F)(CCC(F)(F)F)O1. The van der Waals surface area contributed by atoms with Crippen LogP contribution >= 0.6 is 0 Å². The second-order valence-electron chi connectivity index (χ2n) is 9.15. The molecule has 18 heteroatoms. The zero-order chi connectivity index (χ0) is 27.1. The van der Waals surface area contributed by atoms with Crippen molar-refractivity contribution in [3.05, 3.63) is 0 Å². The van der Waals surface area contributed by atoms with Crippen molar-refractivity contribution in [2.75, 3.05) is 0 Å². The van der Waals surface area contributed by atoms with Crippen molar-refractivity contribution in [2.24, 2.45) is 5.41 Å². The summed E-state index contributed by atoms with van der Waals surface area (Å²) in [4.78, 5) is 0. The number of rotatable bonds is 8. The van der Waals surface area contributed by atoms with Crippen LogP contribution in [0, 0.1) is 5.41 Å². The van der Waals surface area contributed by atoms with E-state index in [9.17, 15) is 52.7 Å². The Labute approximate surface area is 193 Å². The van der Waals surface area contributed by atoms with Gasteiger partial charge in [0.25, 0.3) is 0 Å². The van der Waals surface area contributed by atoms with E-state index in [0.717, 1.165) is 13.8 Å². The lowest BCUT2D eigenvalue weighted by Crippen LogP contribution is -2.69. The minimum absolute atomic E-state index is 0.676. The second-order valence-corrected chi connectivity index (χ2v) is 17.8. The van der Waals surface area contributed by atoms with Crippen LogP contribution in [0.1, 0.15) is 47.0 Å². The van der Waals surface area contributed by atoms with Gasteiger partial charge in [-0.15, -0.1) is 0 Å². The highest BCUT2D eigenvalue weighted by Gasteiger charge is 2.70. The largest absolute Gasteiger partial charge is 0.415 e. The molecule has 1 aliphatic rings. The van der Waals surface area contributed by atoms with Crippen molar-refractivity contribution in [1.29, 1.82) is 0 Å². The Hall–Kier alpha value is -0.309. The Morgan fingerprint density at radius 1 is 0.588 bits per heavy atom. The predicted octanol–water partition coefficient (Wildman–Crippen LogP) is 7.69. The van der Waals surface area contributed by atoms with Crippen molar-refractivity contribution in [2.45, 2.75) is 94.8 Å². The third-order valence-electron chi connectivity index (χ3n) is 6.32. The van der Waals surface area contributed by atoms with Crippen molar-refractivity contribution in [3.8, 4) is 0 Å². The second kappa shape index (κ2) is 9.86. The van der Waals surface area contributed by atoms with Gasteiger partial charge in [0.1, 0.15) is 0 Å². The van der Waals surface area contributed by atoms with Gasteiger partial charge in [0.05, 0.1) is 5.41 Å². The molecular weight excluding hydrogens is 552 g/mol. The first-order valence-corrected chi connectivity index (χ1v) is 14.9. The molecule has 3 nitrogen and oxygen atoms in total. The Balaban J connectivity index is 3.60. The van der Waals surface area contributed by atoms with E-state index in [2.05, 4.69) is 0 Å². The van der Waals surface area contributed by atoms with Gasteiger partial charge in [-0.05, 0) is 18.1 Å². The molecule has 1 atom stereocenters. The minimum atomic E-state index is -5.01. The van der Waals surface area contributed by atoms with Gasteiger partial charge in [-0.3, -0.25) is 0 Å². The van der Waals surface area contributed by atoms with Gasteiger partial charge < -0.3 is 12.3 Å². The highest BCUT2D eigenvalue weighted by Crippen LogP contribution is 2.63. The van der Waals surface area contributed by atoms with Crippen LogP contribution in [-0.2, 0) is 12.3 Å². The molecule has 0 bridgehead atoms. The summed E-state index contributed by atoms with van der Waals surface area (Å²) >= 11 is 0. The van der Waals surface area contributed by atoms with E-state index < -0.39 is 99.7 Å². The third kappa shape index (κ3) is 7.84. The molecule has 1 fully saturated rings. The number of halogens is 12. The van der Waals surface area contributed by atoms with Crippen LogP contribution < -0.4 is 0 Å². The number of alkyl halides is 12. The van der Waals surface area contributed by atoms with Crippen LogP contribution in [0.3, 0.4) is 0 Å². The molecule has 1 unspecified atom stereocenters. The Kier molecular flexibility index (Phi) is 9.20. The molecule has 0 aromatic carbocycles. The molecule has 1 rings (SSSR count). The van der Waals surface area contributed by atoms with Gasteiger partial charge in [-0.1, -0.05) is 27.7 Å². The van der Waals surface area contributed by atoms with Gasteiger partial charge in [-0.25, -0.2) is 0 Å². The first-order chi connectivity index (χ1) is 14.8. The quantitative estimate of drug-likeness (QED) is 0.219. The van der Waals surface area contributed by atoms with Crippen LogP contribution in [0.25, 0.3) is 0 Å². The van der Waals surface area contributed by atoms with Crippen LogP contribution in [-0.4, -0.2) is 51.8 Å². The molecule has 0 aromatic heterocycles. The molecule has 1 aliphatic heterocycles. The van der Waals surface area contributed by atoms with E-state index in [1.165, 1.54) is 0 Å². The molecule has 2 radical (unpaired) electrons. The van der Waals surface area contributed by atoms with Gasteiger partial charge in [0, 0.05) is 24.3 Å². The summed E-state index contributed by atoms with van der Waals surface area (Å²) in [6.45, 7) is 3.20. The minimum Gasteiger partial charge on any atom is -0.415 e. The molecule has 34 heavy (non-hydrogen) atoms. The van der Waals surface area contributed by atoms with E-state index in [-0.39, 0.29) is 0 Å². The summed E-state index contributed by atoms with van der Waals surface area (Å²) in [7, 11) is -10.8. The third-order valence-corrected chi connectivity index (χ3v) is 18.1. The molecule has 0 amide bonds. The molecule has 0 N–H and O–H groups in total.